The summed E-state index contributed by atoms with van der Waals surface area (Å²) >= 11 is 0. The van der Waals surface area contributed by atoms with Gasteiger partial charge in [0, 0.05) is 26.6 Å². The number of guanidine groups is 1. The third kappa shape index (κ3) is 9.84. The minimum Gasteiger partial charge on any atom is -0.496 e. The standard InChI is InChI=1S/C16H24F3N3O.HI/c1-20-15(21-11-6-5-10-16(17,18)19)22-12-9-13-7-3-4-8-14(13)23-2;/h3-4,7-8H,5-6,9-12H2,1-2H3,(H2,20,21,22);1H. The van der Waals surface area contributed by atoms with Crippen LogP contribution in [-0.2, 0) is 6.42 Å². The molecule has 0 aliphatic heterocycles. The second-order valence-corrected chi connectivity index (χ2v) is 5.06. The quantitative estimate of drug-likeness (QED) is 0.270. The van der Waals surface area contributed by atoms with E-state index in [0.29, 0.717) is 25.5 Å². The highest BCUT2D eigenvalue weighted by Gasteiger charge is 2.25. The van der Waals surface area contributed by atoms with Crippen LogP contribution in [0.3, 0.4) is 0 Å². The molecular weight excluding hydrogens is 434 g/mol. The molecule has 0 aromatic heterocycles. The zero-order valence-electron chi connectivity index (χ0n) is 13.9. The van der Waals surface area contributed by atoms with Crippen LogP contribution in [-0.4, -0.2) is 39.4 Å². The molecule has 0 aliphatic carbocycles. The predicted octanol–water partition coefficient (Wildman–Crippen LogP) is 3.75. The van der Waals surface area contributed by atoms with E-state index in [4.69, 9.17) is 4.74 Å². The topological polar surface area (TPSA) is 45.7 Å². The molecule has 0 saturated heterocycles. The van der Waals surface area contributed by atoms with Crippen LogP contribution in [0.4, 0.5) is 13.2 Å². The monoisotopic (exact) mass is 459 g/mol. The van der Waals surface area contributed by atoms with Gasteiger partial charge in [0.15, 0.2) is 5.96 Å². The van der Waals surface area contributed by atoms with E-state index in [0.717, 1.165) is 17.7 Å². The van der Waals surface area contributed by atoms with Crippen LogP contribution in [0.2, 0.25) is 0 Å². The molecular formula is C16H25F3IN3O. The Kier molecular flexibility index (Phi) is 11.6. The van der Waals surface area contributed by atoms with Gasteiger partial charge < -0.3 is 15.4 Å². The van der Waals surface area contributed by atoms with Crippen molar-refractivity contribution < 1.29 is 17.9 Å². The van der Waals surface area contributed by atoms with E-state index in [2.05, 4.69) is 15.6 Å². The molecule has 0 heterocycles. The highest BCUT2D eigenvalue weighted by Crippen LogP contribution is 2.21. The molecule has 0 fully saturated rings. The maximum atomic E-state index is 12.0. The van der Waals surface area contributed by atoms with Crippen molar-refractivity contribution in [3.05, 3.63) is 29.8 Å². The van der Waals surface area contributed by atoms with Crippen LogP contribution in [0, 0.1) is 0 Å². The Morgan fingerprint density at radius 2 is 1.79 bits per heavy atom. The fourth-order valence-corrected chi connectivity index (χ4v) is 2.10. The van der Waals surface area contributed by atoms with Gasteiger partial charge in [-0.1, -0.05) is 18.2 Å². The van der Waals surface area contributed by atoms with Crippen molar-refractivity contribution in [3.8, 4) is 5.75 Å². The Hall–Kier alpha value is -1.19. The minimum absolute atomic E-state index is 0. The van der Waals surface area contributed by atoms with Crippen molar-refractivity contribution in [3.63, 3.8) is 0 Å². The first-order chi connectivity index (χ1) is 11.0. The van der Waals surface area contributed by atoms with Crippen molar-refractivity contribution in [1.82, 2.24) is 10.6 Å². The minimum atomic E-state index is -4.07. The summed E-state index contributed by atoms with van der Waals surface area (Å²) in [5, 5.41) is 6.15. The Balaban J connectivity index is 0.00000529. The number of halogens is 4. The number of benzene rings is 1. The van der Waals surface area contributed by atoms with Crippen LogP contribution in [0.15, 0.2) is 29.3 Å². The van der Waals surface area contributed by atoms with E-state index in [1.54, 1.807) is 14.2 Å². The van der Waals surface area contributed by atoms with Gasteiger partial charge in [-0.3, -0.25) is 4.99 Å². The molecule has 1 aromatic rings. The van der Waals surface area contributed by atoms with Crippen LogP contribution >= 0.6 is 24.0 Å². The van der Waals surface area contributed by atoms with Gasteiger partial charge in [-0.25, -0.2) is 0 Å². The number of aliphatic imine (C=N–C) groups is 1. The number of para-hydroxylation sites is 1. The summed E-state index contributed by atoms with van der Waals surface area (Å²) in [5.74, 6) is 1.43. The zero-order valence-corrected chi connectivity index (χ0v) is 16.3. The lowest BCUT2D eigenvalue weighted by Gasteiger charge is -2.13. The van der Waals surface area contributed by atoms with E-state index < -0.39 is 12.6 Å². The third-order valence-corrected chi connectivity index (χ3v) is 3.28. The van der Waals surface area contributed by atoms with Crippen LogP contribution in [0.25, 0.3) is 0 Å². The molecule has 24 heavy (non-hydrogen) atoms. The molecule has 1 rings (SSSR count). The van der Waals surface area contributed by atoms with Crippen molar-refractivity contribution in [2.24, 2.45) is 4.99 Å². The Morgan fingerprint density at radius 1 is 1.12 bits per heavy atom. The van der Waals surface area contributed by atoms with Crippen molar-refractivity contribution >= 4 is 29.9 Å². The third-order valence-electron chi connectivity index (χ3n) is 3.28. The van der Waals surface area contributed by atoms with E-state index in [-0.39, 0.29) is 30.4 Å². The molecule has 0 saturated carbocycles. The average Bonchev–Trinajstić information content (AvgIpc) is 2.52. The molecule has 2 N–H and O–H groups in total. The lowest BCUT2D eigenvalue weighted by atomic mass is 10.1. The number of nitrogens with zero attached hydrogens (tertiary/aromatic N) is 1. The summed E-state index contributed by atoms with van der Waals surface area (Å²) in [6.45, 7) is 1.12. The summed E-state index contributed by atoms with van der Waals surface area (Å²) in [4.78, 5) is 4.05. The van der Waals surface area contributed by atoms with E-state index >= 15 is 0 Å². The molecule has 8 heteroatoms. The maximum absolute atomic E-state index is 12.0. The highest BCUT2D eigenvalue weighted by atomic mass is 127. The summed E-state index contributed by atoms with van der Waals surface area (Å²) < 4.78 is 41.4. The van der Waals surface area contributed by atoms with E-state index in [9.17, 15) is 13.2 Å². The lowest BCUT2D eigenvalue weighted by molar-refractivity contribution is -0.135. The first-order valence-corrected chi connectivity index (χ1v) is 7.59. The van der Waals surface area contributed by atoms with E-state index in [1.807, 2.05) is 24.3 Å². The van der Waals surface area contributed by atoms with Gasteiger partial charge in [0.25, 0.3) is 0 Å². The maximum Gasteiger partial charge on any atom is 0.389 e. The van der Waals surface area contributed by atoms with Crippen molar-refractivity contribution in [2.45, 2.75) is 31.9 Å². The molecule has 0 unspecified atom stereocenters. The van der Waals surface area contributed by atoms with Gasteiger partial charge in [0.2, 0.25) is 0 Å². The molecule has 0 atom stereocenters. The highest BCUT2D eigenvalue weighted by molar-refractivity contribution is 14.0. The zero-order chi connectivity index (χ0) is 17.1. The van der Waals surface area contributed by atoms with Gasteiger partial charge in [-0.15, -0.1) is 24.0 Å². The number of nitrogens with one attached hydrogen (secondary N) is 2. The number of hydrogen-bond donors (Lipinski definition) is 2. The average molecular weight is 459 g/mol. The second-order valence-electron chi connectivity index (χ2n) is 5.06. The van der Waals surface area contributed by atoms with Crippen molar-refractivity contribution in [2.75, 3.05) is 27.2 Å². The SMILES string of the molecule is CN=C(NCCCCC(F)(F)F)NCCc1ccccc1OC.I. The number of unbranched alkanes of at least 4 members (excludes halogenated alkanes) is 1. The molecule has 0 amide bonds. The Labute approximate surface area is 158 Å². The first kappa shape index (κ1) is 22.8. The Bertz CT molecular complexity index is 496. The number of alkyl halides is 3. The fourth-order valence-electron chi connectivity index (χ4n) is 2.10. The van der Waals surface area contributed by atoms with Crippen molar-refractivity contribution in [1.29, 1.82) is 0 Å². The number of hydrogen-bond acceptors (Lipinski definition) is 2. The number of ether oxygens (including phenoxy) is 1. The smallest absolute Gasteiger partial charge is 0.389 e. The number of rotatable bonds is 8. The molecule has 0 bridgehead atoms. The van der Waals surface area contributed by atoms with Gasteiger partial charge in [-0.05, 0) is 30.9 Å². The molecule has 1 aromatic carbocycles. The summed E-state index contributed by atoms with van der Waals surface area (Å²) in [6, 6.07) is 7.76. The second kappa shape index (κ2) is 12.2. The first-order valence-electron chi connectivity index (χ1n) is 7.59. The predicted molar refractivity (Wildman–Crippen MR) is 101 cm³/mol. The van der Waals surface area contributed by atoms with Crippen LogP contribution in [0.1, 0.15) is 24.8 Å². The van der Waals surface area contributed by atoms with Crippen LogP contribution in [0.5, 0.6) is 5.75 Å². The largest absolute Gasteiger partial charge is 0.496 e. The fraction of sp³-hybridized carbons (Fsp3) is 0.562. The van der Waals surface area contributed by atoms with Gasteiger partial charge >= 0.3 is 6.18 Å². The van der Waals surface area contributed by atoms with Gasteiger partial charge in [0.05, 0.1) is 7.11 Å². The lowest BCUT2D eigenvalue weighted by Crippen LogP contribution is -2.38. The normalized spacial score (nSPS) is 11.6. The van der Waals surface area contributed by atoms with Gasteiger partial charge in [-0.2, -0.15) is 13.2 Å². The van der Waals surface area contributed by atoms with Crippen LogP contribution < -0.4 is 15.4 Å². The summed E-state index contributed by atoms with van der Waals surface area (Å²) in [5.41, 5.74) is 1.09. The summed E-state index contributed by atoms with van der Waals surface area (Å²) in [7, 11) is 3.27. The number of methoxy groups -OCH3 is 1. The van der Waals surface area contributed by atoms with Gasteiger partial charge in [0.1, 0.15) is 5.75 Å². The van der Waals surface area contributed by atoms with E-state index in [1.165, 1.54) is 0 Å². The molecule has 0 spiro atoms. The molecule has 0 radical (unpaired) electrons. The summed E-state index contributed by atoms with van der Waals surface area (Å²) in [6.07, 6.45) is -3.48. The molecule has 4 nitrogen and oxygen atoms in total. The molecule has 0 aliphatic rings. The Morgan fingerprint density at radius 3 is 2.42 bits per heavy atom. The molecule has 138 valence electrons.